The van der Waals surface area contributed by atoms with Crippen molar-refractivity contribution in [3.05, 3.63) is 88.9 Å². The Balaban J connectivity index is 2.06. The van der Waals surface area contributed by atoms with Crippen LogP contribution in [0.25, 0.3) is 0 Å². The van der Waals surface area contributed by atoms with Crippen LogP contribution >= 0.6 is 11.6 Å². The highest BCUT2D eigenvalue weighted by molar-refractivity contribution is 7.92. The molecule has 0 saturated carbocycles. The molecule has 8 nitrogen and oxygen atoms in total. The highest BCUT2D eigenvalue weighted by Gasteiger charge is 2.33. The Morgan fingerprint density at radius 1 is 1.00 bits per heavy atom. The molecule has 3 aromatic rings. The van der Waals surface area contributed by atoms with Crippen LogP contribution in [-0.2, 0) is 26.2 Å². The van der Waals surface area contributed by atoms with E-state index >= 15 is 0 Å². The lowest BCUT2D eigenvalue weighted by Crippen LogP contribution is -2.52. The number of benzene rings is 3. The lowest BCUT2D eigenvalue weighted by molar-refractivity contribution is -0.140. The molecule has 0 radical (unpaired) electrons. The normalized spacial score (nSPS) is 11.9. The van der Waals surface area contributed by atoms with Crippen LogP contribution in [0, 0.1) is 6.92 Å². The van der Waals surface area contributed by atoms with Crippen molar-refractivity contribution < 1.29 is 22.7 Å². The van der Waals surface area contributed by atoms with Crippen molar-refractivity contribution in [2.24, 2.45) is 0 Å². The smallest absolute Gasteiger partial charge is 0.264 e. The average molecular weight is 586 g/mol. The molecule has 0 spiro atoms. The third-order valence-electron chi connectivity index (χ3n) is 6.43. The second kappa shape index (κ2) is 14.2. The molecule has 40 heavy (non-hydrogen) atoms. The summed E-state index contributed by atoms with van der Waals surface area (Å²) in [7, 11) is -2.67. The Hall–Kier alpha value is -3.56. The molecule has 0 heterocycles. The monoisotopic (exact) mass is 585 g/mol. The van der Waals surface area contributed by atoms with Gasteiger partial charge < -0.3 is 15.0 Å². The number of aryl methyl sites for hydroxylation is 1. The van der Waals surface area contributed by atoms with Gasteiger partial charge >= 0.3 is 0 Å². The van der Waals surface area contributed by atoms with Gasteiger partial charge in [-0.2, -0.15) is 0 Å². The first-order valence-corrected chi connectivity index (χ1v) is 15.0. The summed E-state index contributed by atoms with van der Waals surface area (Å²) in [6, 6.07) is 19.1. The minimum atomic E-state index is -4.16. The molecular formula is C30H36ClN3O5S. The van der Waals surface area contributed by atoms with E-state index in [-0.39, 0.29) is 23.0 Å². The number of anilines is 1. The molecule has 3 rings (SSSR count). The third-order valence-corrected chi connectivity index (χ3v) is 8.47. The van der Waals surface area contributed by atoms with E-state index < -0.39 is 28.5 Å². The summed E-state index contributed by atoms with van der Waals surface area (Å²) in [6.07, 6.45) is 1.09. The van der Waals surface area contributed by atoms with E-state index in [0.717, 1.165) is 21.9 Å². The first kappa shape index (κ1) is 31.0. The van der Waals surface area contributed by atoms with Crippen LogP contribution in [-0.4, -0.2) is 51.4 Å². The second-order valence-electron chi connectivity index (χ2n) is 9.39. The summed E-state index contributed by atoms with van der Waals surface area (Å²) in [5.41, 5.74) is 1.93. The Labute approximate surface area is 241 Å². The van der Waals surface area contributed by atoms with E-state index in [4.69, 9.17) is 16.3 Å². The van der Waals surface area contributed by atoms with Crippen molar-refractivity contribution in [2.45, 2.75) is 51.1 Å². The summed E-state index contributed by atoms with van der Waals surface area (Å²) in [4.78, 5) is 28.7. The van der Waals surface area contributed by atoms with Crippen LogP contribution < -0.4 is 14.4 Å². The van der Waals surface area contributed by atoms with Crippen LogP contribution in [0.1, 0.15) is 37.8 Å². The Morgan fingerprint density at radius 3 is 2.27 bits per heavy atom. The topological polar surface area (TPSA) is 96.0 Å². The number of nitrogens with one attached hydrogen (secondary N) is 1. The van der Waals surface area contributed by atoms with E-state index in [1.54, 1.807) is 60.7 Å². The number of carbonyl (C=O) groups excluding carboxylic acids is 2. The molecule has 0 bridgehead atoms. The van der Waals surface area contributed by atoms with Gasteiger partial charge in [0.2, 0.25) is 11.8 Å². The maximum Gasteiger partial charge on any atom is 0.264 e. The Morgan fingerprint density at radius 2 is 1.68 bits per heavy atom. The van der Waals surface area contributed by atoms with Gasteiger partial charge in [0.15, 0.2) is 0 Å². The number of nitrogens with zero attached hydrogens (tertiary/aromatic N) is 2. The number of rotatable bonds is 13. The molecule has 0 saturated heterocycles. The standard InChI is InChI=1S/C30H36ClN3O5S/c1-5-18-32-30(36)28(6-2)33(20-23-12-14-24(31)15-13-23)29(35)21-34(25-8-7-9-26(19-25)39-4)40(37,38)27-16-10-22(3)11-17-27/h7-17,19,28H,5-6,18,20-21H2,1-4H3,(H,32,36)/t28-/m1/s1. The van der Waals surface area contributed by atoms with Crippen LogP contribution in [0.4, 0.5) is 5.69 Å². The average Bonchev–Trinajstić information content (AvgIpc) is 2.95. The fourth-order valence-corrected chi connectivity index (χ4v) is 5.74. The molecule has 0 aliphatic rings. The van der Waals surface area contributed by atoms with Gasteiger partial charge in [-0.25, -0.2) is 8.42 Å². The first-order valence-electron chi connectivity index (χ1n) is 13.2. The number of carbonyl (C=O) groups is 2. The van der Waals surface area contributed by atoms with Crippen molar-refractivity contribution in [1.82, 2.24) is 10.2 Å². The van der Waals surface area contributed by atoms with E-state index in [1.807, 2.05) is 20.8 Å². The van der Waals surface area contributed by atoms with Crippen molar-refractivity contribution in [3.63, 3.8) is 0 Å². The third kappa shape index (κ3) is 7.76. The number of hydrogen-bond donors (Lipinski definition) is 1. The zero-order valence-corrected chi connectivity index (χ0v) is 24.8. The largest absolute Gasteiger partial charge is 0.497 e. The van der Waals surface area contributed by atoms with Crippen molar-refractivity contribution in [2.75, 3.05) is 24.5 Å². The first-order chi connectivity index (χ1) is 19.1. The van der Waals surface area contributed by atoms with Crippen LogP contribution in [0.2, 0.25) is 5.02 Å². The molecule has 3 aromatic carbocycles. The molecule has 0 aromatic heterocycles. The SMILES string of the molecule is CCCNC(=O)[C@@H](CC)N(Cc1ccc(Cl)cc1)C(=O)CN(c1cccc(OC)c1)S(=O)(=O)c1ccc(C)cc1. The van der Waals surface area contributed by atoms with Crippen molar-refractivity contribution in [1.29, 1.82) is 0 Å². The minimum Gasteiger partial charge on any atom is -0.497 e. The number of hydrogen-bond acceptors (Lipinski definition) is 5. The summed E-state index contributed by atoms with van der Waals surface area (Å²) in [6.45, 7) is 5.68. The summed E-state index contributed by atoms with van der Waals surface area (Å²) in [5.74, 6) is -0.370. The van der Waals surface area contributed by atoms with Gasteiger partial charge in [-0.1, -0.05) is 61.3 Å². The van der Waals surface area contributed by atoms with Crippen LogP contribution in [0.3, 0.4) is 0 Å². The summed E-state index contributed by atoms with van der Waals surface area (Å²) in [5, 5.41) is 3.42. The predicted octanol–water partition coefficient (Wildman–Crippen LogP) is 5.19. The molecule has 0 aliphatic carbocycles. The fourth-order valence-electron chi connectivity index (χ4n) is 4.20. The lowest BCUT2D eigenvalue weighted by Gasteiger charge is -2.33. The summed E-state index contributed by atoms with van der Waals surface area (Å²) >= 11 is 6.06. The number of amides is 2. The van der Waals surface area contributed by atoms with Gasteiger partial charge in [-0.15, -0.1) is 0 Å². The van der Waals surface area contributed by atoms with Gasteiger partial charge in [0.1, 0.15) is 18.3 Å². The zero-order valence-electron chi connectivity index (χ0n) is 23.3. The highest BCUT2D eigenvalue weighted by atomic mass is 35.5. The number of ether oxygens (including phenoxy) is 1. The predicted molar refractivity (Wildman–Crippen MR) is 158 cm³/mol. The van der Waals surface area contributed by atoms with Gasteiger partial charge in [-0.05, 0) is 61.7 Å². The lowest BCUT2D eigenvalue weighted by atomic mass is 10.1. The Bertz CT molecular complexity index is 1400. The number of halogens is 1. The van der Waals surface area contributed by atoms with Crippen molar-refractivity contribution in [3.8, 4) is 5.75 Å². The zero-order chi connectivity index (χ0) is 29.3. The molecule has 0 fully saturated rings. The minimum absolute atomic E-state index is 0.0469. The number of sulfonamides is 1. The molecule has 214 valence electrons. The maximum atomic E-state index is 14.0. The molecule has 0 unspecified atom stereocenters. The molecule has 1 atom stereocenters. The van der Waals surface area contributed by atoms with Gasteiger partial charge in [-0.3, -0.25) is 13.9 Å². The second-order valence-corrected chi connectivity index (χ2v) is 11.7. The van der Waals surface area contributed by atoms with E-state index in [1.165, 1.54) is 24.1 Å². The van der Waals surface area contributed by atoms with Crippen molar-refractivity contribution >= 4 is 39.1 Å². The highest BCUT2D eigenvalue weighted by Crippen LogP contribution is 2.28. The van der Waals surface area contributed by atoms with E-state index in [2.05, 4.69) is 5.32 Å². The van der Waals surface area contributed by atoms with Crippen LogP contribution in [0.15, 0.2) is 77.7 Å². The van der Waals surface area contributed by atoms with Gasteiger partial charge in [0.05, 0.1) is 17.7 Å². The summed E-state index contributed by atoms with van der Waals surface area (Å²) < 4.78 is 34.3. The van der Waals surface area contributed by atoms with Crippen LogP contribution in [0.5, 0.6) is 5.75 Å². The fraction of sp³-hybridized carbons (Fsp3) is 0.333. The van der Waals surface area contributed by atoms with Gasteiger partial charge in [0.25, 0.3) is 10.0 Å². The van der Waals surface area contributed by atoms with Gasteiger partial charge in [0, 0.05) is 24.2 Å². The molecule has 1 N–H and O–H groups in total. The molecule has 10 heteroatoms. The molecule has 2 amide bonds. The maximum absolute atomic E-state index is 14.0. The quantitative estimate of drug-likeness (QED) is 0.298. The van der Waals surface area contributed by atoms with E-state index in [9.17, 15) is 18.0 Å². The Kier molecular flexibility index (Phi) is 11.0. The molecule has 0 aliphatic heterocycles. The van der Waals surface area contributed by atoms with E-state index in [0.29, 0.717) is 23.7 Å². The molecular weight excluding hydrogens is 550 g/mol. The number of methoxy groups -OCH3 is 1.